The molecule has 2 aromatic carbocycles. The molecule has 0 aliphatic heterocycles. The molecule has 0 spiro atoms. The van der Waals surface area contributed by atoms with Gasteiger partial charge in [0.05, 0.1) is 25.8 Å². The van der Waals surface area contributed by atoms with Gasteiger partial charge in [-0.05, 0) is 42.8 Å². The number of hydrogen-bond acceptors (Lipinski definition) is 5. The predicted octanol–water partition coefficient (Wildman–Crippen LogP) is 3.61. The molecule has 0 atom stereocenters. The maximum absolute atomic E-state index is 11.9. The molecule has 0 radical (unpaired) electrons. The number of halogens is 1. The van der Waals surface area contributed by atoms with Gasteiger partial charge < -0.3 is 19.5 Å². The predicted molar refractivity (Wildman–Crippen MR) is 98.9 cm³/mol. The van der Waals surface area contributed by atoms with Crippen molar-refractivity contribution < 1.29 is 23.8 Å². The van der Waals surface area contributed by atoms with E-state index in [-0.39, 0.29) is 13.0 Å². The number of benzene rings is 2. The summed E-state index contributed by atoms with van der Waals surface area (Å²) in [6, 6.07) is 12.3. The minimum absolute atomic E-state index is 0.0434. The van der Waals surface area contributed by atoms with Gasteiger partial charge in [0.1, 0.15) is 11.5 Å². The zero-order valence-electron chi connectivity index (χ0n) is 14.6. The van der Waals surface area contributed by atoms with Gasteiger partial charge >= 0.3 is 5.97 Å². The molecule has 0 heterocycles. The molecule has 2 aromatic rings. The molecule has 26 heavy (non-hydrogen) atoms. The number of aryl methyl sites for hydroxylation is 1. The molecule has 0 unspecified atom stereocenters. The number of carbonyl (C=O) groups is 2. The van der Waals surface area contributed by atoms with Crippen LogP contribution >= 0.6 is 11.6 Å². The quantitative estimate of drug-likeness (QED) is 0.711. The lowest BCUT2D eigenvalue weighted by molar-refractivity contribution is -0.147. The van der Waals surface area contributed by atoms with E-state index in [0.717, 1.165) is 5.56 Å². The molecule has 0 saturated carbocycles. The molecule has 0 aliphatic rings. The van der Waals surface area contributed by atoms with Crippen molar-refractivity contribution in [2.45, 2.75) is 13.3 Å². The number of hydrogen-bond donors (Lipinski definition) is 1. The molecule has 1 amide bonds. The Morgan fingerprint density at radius 1 is 1.15 bits per heavy atom. The van der Waals surface area contributed by atoms with Gasteiger partial charge in [0.15, 0.2) is 6.61 Å². The number of methoxy groups -OCH3 is 1. The van der Waals surface area contributed by atoms with Gasteiger partial charge in [-0.3, -0.25) is 9.59 Å². The number of anilines is 1. The van der Waals surface area contributed by atoms with Crippen LogP contribution in [0.1, 0.15) is 12.0 Å². The second-order valence-corrected chi connectivity index (χ2v) is 5.90. The third-order valence-electron chi connectivity index (χ3n) is 3.36. The second kappa shape index (κ2) is 9.68. The number of carbonyl (C=O) groups excluding carboxylic acids is 2. The highest BCUT2D eigenvalue weighted by Gasteiger charge is 2.11. The number of rotatable bonds is 8. The first-order valence-electron chi connectivity index (χ1n) is 7.96. The van der Waals surface area contributed by atoms with Gasteiger partial charge in [-0.15, -0.1) is 0 Å². The van der Waals surface area contributed by atoms with Gasteiger partial charge in [0.25, 0.3) is 5.91 Å². The topological polar surface area (TPSA) is 73.9 Å². The summed E-state index contributed by atoms with van der Waals surface area (Å²) in [5, 5.41) is 3.04. The van der Waals surface area contributed by atoms with E-state index in [2.05, 4.69) is 5.32 Å². The molecule has 0 bridgehead atoms. The lowest BCUT2D eigenvalue weighted by Gasteiger charge is -2.11. The van der Waals surface area contributed by atoms with Crippen LogP contribution < -0.4 is 14.8 Å². The zero-order chi connectivity index (χ0) is 18.9. The van der Waals surface area contributed by atoms with Gasteiger partial charge in [-0.2, -0.15) is 0 Å². The maximum atomic E-state index is 11.9. The van der Waals surface area contributed by atoms with Gasteiger partial charge in [-0.1, -0.05) is 23.7 Å². The van der Waals surface area contributed by atoms with E-state index < -0.39 is 18.5 Å². The van der Waals surface area contributed by atoms with Crippen LogP contribution in [-0.2, 0) is 14.3 Å². The third-order valence-corrected chi connectivity index (χ3v) is 3.60. The Morgan fingerprint density at radius 2 is 1.96 bits per heavy atom. The largest absolute Gasteiger partial charge is 0.495 e. The van der Waals surface area contributed by atoms with Crippen molar-refractivity contribution >= 4 is 29.2 Å². The minimum atomic E-state index is -0.522. The van der Waals surface area contributed by atoms with Gasteiger partial charge in [0.2, 0.25) is 0 Å². The Bertz CT molecular complexity index is 778. The number of nitrogens with one attached hydrogen (secondary N) is 1. The first-order chi connectivity index (χ1) is 12.5. The van der Waals surface area contributed by atoms with E-state index in [9.17, 15) is 9.59 Å². The van der Waals surface area contributed by atoms with Gasteiger partial charge in [-0.25, -0.2) is 0 Å². The molecule has 0 aromatic heterocycles. The summed E-state index contributed by atoms with van der Waals surface area (Å²) in [5.41, 5.74) is 1.47. The lowest BCUT2D eigenvalue weighted by atomic mass is 10.2. The molecule has 2 rings (SSSR count). The van der Waals surface area contributed by atoms with Crippen LogP contribution in [0.4, 0.5) is 5.69 Å². The van der Waals surface area contributed by atoms with Crippen LogP contribution in [0.3, 0.4) is 0 Å². The SMILES string of the molecule is COc1ccc(Cl)cc1NC(=O)COC(=O)CCOc1cccc(C)c1. The standard InChI is InChI=1S/C19H20ClNO5/c1-13-4-3-5-15(10-13)25-9-8-19(23)26-12-18(22)21-16-11-14(20)6-7-17(16)24-2/h3-7,10-11H,8-9,12H2,1-2H3,(H,21,22). The number of amides is 1. The number of esters is 1. The Morgan fingerprint density at radius 3 is 2.69 bits per heavy atom. The van der Waals surface area contributed by atoms with E-state index in [4.69, 9.17) is 25.8 Å². The highest BCUT2D eigenvalue weighted by Crippen LogP contribution is 2.27. The Balaban J connectivity index is 1.73. The van der Waals surface area contributed by atoms with Crippen LogP contribution in [0.15, 0.2) is 42.5 Å². The van der Waals surface area contributed by atoms with Crippen molar-refractivity contribution in [1.29, 1.82) is 0 Å². The summed E-state index contributed by atoms with van der Waals surface area (Å²) in [4.78, 5) is 23.6. The van der Waals surface area contributed by atoms with Crippen LogP contribution in [0.2, 0.25) is 5.02 Å². The van der Waals surface area contributed by atoms with Crippen molar-refractivity contribution in [3.8, 4) is 11.5 Å². The molecule has 6 nitrogen and oxygen atoms in total. The summed E-state index contributed by atoms with van der Waals surface area (Å²) in [7, 11) is 1.48. The minimum Gasteiger partial charge on any atom is -0.495 e. The van der Waals surface area contributed by atoms with Crippen molar-refractivity contribution in [2.75, 3.05) is 25.6 Å². The maximum Gasteiger partial charge on any atom is 0.309 e. The fraction of sp³-hybridized carbons (Fsp3) is 0.263. The normalized spacial score (nSPS) is 10.1. The molecule has 138 valence electrons. The highest BCUT2D eigenvalue weighted by molar-refractivity contribution is 6.31. The fourth-order valence-electron chi connectivity index (χ4n) is 2.14. The first kappa shape index (κ1) is 19.6. The molecule has 1 N–H and O–H groups in total. The number of ether oxygens (including phenoxy) is 3. The lowest BCUT2D eigenvalue weighted by Crippen LogP contribution is -2.22. The smallest absolute Gasteiger partial charge is 0.309 e. The zero-order valence-corrected chi connectivity index (χ0v) is 15.3. The molecule has 0 fully saturated rings. The summed E-state index contributed by atoms with van der Waals surface area (Å²) in [6.07, 6.45) is 0.0434. The molecule has 0 saturated heterocycles. The van der Waals surface area contributed by atoms with Crippen LogP contribution in [-0.4, -0.2) is 32.2 Å². The Kier molecular flexibility index (Phi) is 7.29. The third kappa shape index (κ3) is 6.29. The molecular weight excluding hydrogens is 358 g/mol. The summed E-state index contributed by atoms with van der Waals surface area (Å²) < 4.78 is 15.5. The van der Waals surface area contributed by atoms with Crippen molar-refractivity contribution in [3.05, 3.63) is 53.1 Å². The van der Waals surface area contributed by atoms with Crippen molar-refractivity contribution in [2.24, 2.45) is 0 Å². The summed E-state index contributed by atoms with van der Waals surface area (Å²) >= 11 is 5.90. The van der Waals surface area contributed by atoms with E-state index in [1.165, 1.54) is 7.11 Å². The van der Waals surface area contributed by atoms with E-state index in [1.54, 1.807) is 18.2 Å². The van der Waals surface area contributed by atoms with Crippen LogP contribution in [0.5, 0.6) is 11.5 Å². The second-order valence-electron chi connectivity index (χ2n) is 5.47. The Labute approximate surface area is 157 Å². The van der Waals surface area contributed by atoms with E-state index >= 15 is 0 Å². The monoisotopic (exact) mass is 377 g/mol. The molecule has 7 heteroatoms. The summed E-state index contributed by atoms with van der Waals surface area (Å²) in [5.74, 6) is 0.133. The average Bonchev–Trinajstić information content (AvgIpc) is 2.60. The van der Waals surface area contributed by atoms with Crippen molar-refractivity contribution in [1.82, 2.24) is 0 Å². The van der Waals surface area contributed by atoms with E-state index in [0.29, 0.717) is 22.2 Å². The fourth-order valence-corrected chi connectivity index (χ4v) is 2.31. The molecular formula is C19H20ClNO5. The average molecular weight is 378 g/mol. The first-order valence-corrected chi connectivity index (χ1v) is 8.34. The van der Waals surface area contributed by atoms with Crippen LogP contribution in [0, 0.1) is 6.92 Å². The van der Waals surface area contributed by atoms with Crippen molar-refractivity contribution in [3.63, 3.8) is 0 Å². The van der Waals surface area contributed by atoms with E-state index in [1.807, 2.05) is 31.2 Å². The Hall–Kier alpha value is -2.73. The summed E-state index contributed by atoms with van der Waals surface area (Å²) in [6.45, 7) is 1.72. The van der Waals surface area contributed by atoms with Crippen LogP contribution in [0.25, 0.3) is 0 Å². The molecule has 0 aliphatic carbocycles. The van der Waals surface area contributed by atoms with Gasteiger partial charge in [0, 0.05) is 5.02 Å². The highest BCUT2D eigenvalue weighted by atomic mass is 35.5.